The summed E-state index contributed by atoms with van der Waals surface area (Å²) in [6.45, 7) is 3.08. The second kappa shape index (κ2) is 11.1. The van der Waals surface area contributed by atoms with E-state index < -0.39 is 0 Å². The summed E-state index contributed by atoms with van der Waals surface area (Å²) in [6, 6.07) is 15.9. The van der Waals surface area contributed by atoms with Crippen LogP contribution in [0.5, 0.6) is 5.75 Å². The van der Waals surface area contributed by atoms with Gasteiger partial charge in [0.15, 0.2) is 4.34 Å². The SMILES string of the molecule is COC(=O)c1ccc(COc2cc3c(cc2N(Cc2cccnc2)Sc2nc(C)cs2)CCC3)cc1. The maximum absolute atomic E-state index is 11.8. The molecule has 0 spiro atoms. The largest absolute Gasteiger partial charge is 0.487 e. The van der Waals surface area contributed by atoms with Crippen LogP contribution >= 0.6 is 23.3 Å². The first kappa shape index (κ1) is 24.3. The number of hydrogen-bond donors (Lipinski definition) is 0. The number of pyridine rings is 1. The summed E-state index contributed by atoms with van der Waals surface area (Å²) in [5.41, 5.74) is 7.41. The molecule has 2 heterocycles. The van der Waals surface area contributed by atoms with Crippen molar-refractivity contribution in [1.29, 1.82) is 0 Å². The average Bonchev–Trinajstić information content (AvgIpc) is 3.55. The third kappa shape index (κ3) is 5.71. The molecule has 0 amide bonds. The Morgan fingerprint density at radius 2 is 1.92 bits per heavy atom. The van der Waals surface area contributed by atoms with Crippen LogP contribution in [0, 0.1) is 6.92 Å². The molecule has 0 saturated carbocycles. The molecule has 4 aromatic rings. The van der Waals surface area contributed by atoms with E-state index in [0.717, 1.165) is 51.9 Å². The molecule has 184 valence electrons. The molecule has 2 aromatic heterocycles. The van der Waals surface area contributed by atoms with Crippen LogP contribution in [0.2, 0.25) is 0 Å². The number of fused-ring (bicyclic) bond motifs is 1. The van der Waals surface area contributed by atoms with Crippen molar-refractivity contribution in [2.75, 3.05) is 11.4 Å². The predicted octanol–water partition coefficient (Wildman–Crippen LogP) is 6.41. The fourth-order valence-electron chi connectivity index (χ4n) is 4.21. The Kier molecular flexibility index (Phi) is 7.53. The number of methoxy groups -OCH3 is 1. The van der Waals surface area contributed by atoms with E-state index in [4.69, 9.17) is 9.47 Å². The van der Waals surface area contributed by atoms with Gasteiger partial charge < -0.3 is 13.8 Å². The van der Waals surface area contributed by atoms with E-state index in [2.05, 4.69) is 37.9 Å². The van der Waals surface area contributed by atoms with Crippen LogP contribution in [-0.2, 0) is 30.7 Å². The van der Waals surface area contributed by atoms with Gasteiger partial charge in [-0.2, -0.15) is 0 Å². The van der Waals surface area contributed by atoms with E-state index in [1.807, 2.05) is 31.3 Å². The van der Waals surface area contributed by atoms with Crippen LogP contribution in [0.15, 0.2) is 70.6 Å². The minimum absolute atomic E-state index is 0.344. The first-order chi connectivity index (χ1) is 17.6. The summed E-state index contributed by atoms with van der Waals surface area (Å²) in [5.74, 6) is 0.501. The molecule has 0 N–H and O–H groups in total. The van der Waals surface area contributed by atoms with Gasteiger partial charge in [0.1, 0.15) is 12.4 Å². The van der Waals surface area contributed by atoms with Crippen LogP contribution in [0.1, 0.15) is 44.7 Å². The van der Waals surface area contributed by atoms with Crippen LogP contribution < -0.4 is 9.04 Å². The maximum Gasteiger partial charge on any atom is 0.337 e. The topological polar surface area (TPSA) is 64.6 Å². The van der Waals surface area contributed by atoms with Gasteiger partial charge in [0, 0.05) is 35.4 Å². The van der Waals surface area contributed by atoms with Crippen LogP contribution in [0.25, 0.3) is 0 Å². The van der Waals surface area contributed by atoms with Gasteiger partial charge in [-0.3, -0.25) is 4.98 Å². The molecule has 0 saturated heterocycles. The van der Waals surface area contributed by atoms with Crippen molar-refractivity contribution in [2.24, 2.45) is 0 Å². The van der Waals surface area contributed by atoms with E-state index in [9.17, 15) is 4.79 Å². The first-order valence-corrected chi connectivity index (χ1v) is 13.5. The number of nitrogens with zero attached hydrogens (tertiary/aromatic N) is 3. The molecule has 0 atom stereocenters. The van der Waals surface area contributed by atoms with Crippen molar-refractivity contribution >= 4 is 34.9 Å². The van der Waals surface area contributed by atoms with Crippen molar-refractivity contribution in [3.05, 3.63) is 99.8 Å². The molecule has 0 bridgehead atoms. The standard InChI is InChI=1S/C28H27N3O3S2/c1-19-18-35-28(30-19)36-31(16-21-5-4-12-29-15-21)25-13-23-6-3-7-24(23)14-26(25)34-17-20-8-10-22(11-9-20)27(32)33-2/h4-5,8-15,18H,3,6-7,16-17H2,1-2H3. The summed E-state index contributed by atoms with van der Waals surface area (Å²) in [6.07, 6.45) is 7.01. The second-order valence-electron chi connectivity index (χ2n) is 8.66. The quantitative estimate of drug-likeness (QED) is 0.188. The average molecular weight is 518 g/mol. The number of esters is 1. The summed E-state index contributed by atoms with van der Waals surface area (Å²) >= 11 is 3.27. The molecule has 5 rings (SSSR count). The molecule has 0 radical (unpaired) electrons. The molecule has 6 nitrogen and oxygen atoms in total. The highest BCUT2D eigenvalue weighted by atomic mass is 32.2. The van der Waals surface area contributed by atoms with Crippen LogP contribution in [0.3, 0.4) is 0 Å². The highest BCUT2D eigenvalue weighted by molar-refractivity contribution is 8.02. The predicted molar refractivity (Wildman–Crippen MR) is 144 cm³/mol. The number of ether oxygens (including phenoxy) is 2. The molecule has 0 aliphatic heterocycles. The smallest absolute Gasteiger partial charge is 0.337 e. The van der Waals surface area contributed by atoms with Gasteiger partial charge in [0.25, 0.3) is 0 Å². The number of thiazole rings is 1. The van der Waals surface area contributed by atoms with Crippen LogP contribution in [0.4, 0.5) is 5.69 Å². The summed E-state index contributed by atoms with van der Waals surface area (Å²) in [5, 5.41) is 2.07. The van der Waals surface area contributed by atoms with Gasteiger partial charge >= 0.3 is 5.97 Å². The zero-order chi connectivity index (χ0) is 24.9. The van der Waals surface area contributed by atoms with Gasteiger partial charge in [0.05, 0.1) is 24.9 Å². The zero-order valence-electron chi connectivity index (χ0n) is 20.3. The van der Waals surface area contributed by atoms with Gasteiger partial charge in [-0.05, 0) is 78.8 Å². The molecule has 2 aromatic carbocycles. The van der Waals surface area contributed by atoms with E-state index >= 15 is 0 Å². The maximum atomic E-state index is 11.8. The van der Waals surface area contributed by atoms with Crippen molar-refractivity contribution in [3.8, 4) is 5.75 Å². The lowest BCUT2D eigenvalue weighted by atomic mass is 10.1. The van der Waals surface area contributed by atoms with E-state index in [1.165, 1.54) is 18.2 Å². The Bertz CT molecular complexity index is 1340. The number of hydrogen-bond acceptors (Lipinski definition) is 8. The summed E-state index contributed by atoms with van der Waals surface area (Å²) < 4.78 is 14.5. The molecular formula is C28H27N3O3S2. The lowest BCUT2D eigenvalue weighted by Crippen LogP contribution is -2.16. The molecule has 1 aliphatic carbocycles. The second-order valence-corrected chi connectivity index (χ2v) is 10.8. The molecule has 0 unspecified atom stereocenters. The number of benzene rings is 2. The van der Waals surface area contributed by atoms with E-state index in [1.54, 1.807) is 41.6 Å². The Labute approximate surface area is 219 Å². The highest BCUT2D eigenvalue weighted by Gasteiger charge is 2.22. The minimum atomic E-state index is -0.344. The van der Waals surface area contributed by atoms with Gasteiger partial charge in [-0.15, -0.1) is 11.3 Å². The monoisotopic (exact) mass is 517 g/mol. The Morgan fingerprint density at radius 1 is 1.11 bits per heavy atom. The normalized spacial score (nSPS) is 12.3. The number of anilines is 1. The fraction of sp³-hybridized carbons (Fsp3) is 0.250. The van der Waals surface area contributed by atoms with E-state index in [0.29, 0.717) is 18.7 Å². The summed E-state index contributed by atoms with van der Waals surface area (Å²) in [4.78, 5) is 20.8. The molecule has 8 heteroatoms. The van der Waals surface area contributed by atoms with Crippen molar-refractivity contribution in [2.45, 2.75) is 43.7 Å². The minimum Gasteiger partial charge on any atom is -0.487 e. The molecule has 0 fully saturated rings. The highest BCUT2D eigenvalue weighted by Crippen LogP contribution is 2.42. The Balaban J connectivity index is 1.45. The van der Waals surface area contributed by atoms with Crippen molar-refractivity contribution in [1.82, 2.24) is 9.97 Å². The number of carbonyl (C=O) groups excluding carboxylic acids is 1. The van der Waals surface area contributed by atoms with E-state index in [-0.39, 0.29) is 5.97 Å². The Hall–Kier alpha value is -3.36. The first-order valence-electron chi connectivity index (χ1n) is 11.8. The molecule has 1 aliphatic rings. The lowest BCUT2D eigenvalue weighted by Gasteiger charge is -2.26. The third-order valence-corrected chi connectivity index (χ3v) is 8.10. The lowest BCUT2D eigenvalue weighted by molar-refractivity contribution is 0.0600. The Morgan fingerprint density at radius 3 is 2.61 bits per heavy atom. The van der Waals surface area contributed by atoms with Gasteiger partial charge in [-0.25, -0.2) is 9.78 Å². The van der Waals surface area contributed by atoms with Crippen molar-refractivity contribution in [3.63, 3.8) is 0 Å². The molecular weight excluding hydrogens is 490 g/mol. The fourth-order valence-corrected chi connectivity index (χ4v) is 6.14. The molecule has 36 heavy (non-hydrogen) atoms. The number of aromatic nitrogens is 2. The zero-order valence-corrected chi connectivity index (χ0v) is 21.9. The van der Waals surface area contributed by atoms with Crippen LogP contribution in [-0.4, -0.2) is 23.0 Å². The summed E-state index contributed by atoms with van der Waals surface area (Å²) in [7, 11) is 1.39. The number of rotatable bonds is 9. The third-order valence-electron chi connectivity index (χ3n) is 6.05. The van der Waals surface area contributed by atoms with Gasteiger partial charge in [-0.1, -0.05) is 18.2 Å². The van der Waals surface area contributed by atoms with Gasteiger partial charge in [0.2, 0.25) is 0 Å². The number of aryl methyl sites for hydroxylation is 3. The number of carbonyl (C=O) groups is 1. The van der Waals surface area contributed by atoms with Crippen molar-refractivity contribution < 1.29 is 14.3 Å².